The highest BCUT2D eigenvalue weighted by atomic mass is 32.1. The molecule has 2 heterocycles. The van der Waals surface area contributed by atoms with Crippen LogP contribution in [-0.2, 0) is 0 Å². The van der Waals surface area contributed by atoms with Gasteiger partial charge in [-0.3, -0.25) is 4.79 Å². The SMILES string of the molecule is Cc1cc(=O)n2nc(N)sc2n1. The Morgan fingerprint density at radius 1 is 1.67 bits per heavy atom. The molecule has 0 bridgehead atoms. The van der Waals surface area contributed by atoms with Crippen molar-refractivity contribution in [3.63, 3.8) is 0 Å². The zero-order valence-electron chi connectivity index (χ0n) is 6.31. The molecule has 0 spiro atoms. The molecular formula is C6H6N4OS. The number of nitrogen functional groups attached to an aromatic ring is 1. The normalized spacial score (nSPS) is 10.8. The van der Waals surface area contributed by atoms with Crippen molar-refractivity contribution in [1.29, 1.82) is 0 Å². The molecule has 0 aliphatic rings. The van der Waals surface area contributed by atoms with Gasteiger partial charge in [-0.2, -0.15) is 4.52 Å². The van der Waals surface area contributed by atoms with E-state index in [1.165, 1.54) is 21.9 Å². The van der Waals surface area contributed by atoms with Gasteiger partial charge in [-0.05, 0) is 6.92 Å². The van der Waals surface area contributed by atoms with Gasteiger partial charge in [0.15, 0.2) is 0 Å². The van der Waals surface area contributed by atoms with E-state index in [2.05, 4.69) is 10.1 Å². The zero-order valence-corrected chi connectivity index (χ0v) is 7.13. The minimum atomic E-state index is -0.189. The molecule has 0 aliphatic carbocycles. The highest BCUT2D eigenvalue weighted by Crippen LogP contribution is 2.11. The first-order valence-corrected chi connectivity index (χ1v) is 4.11. The number of aromatic nitrogens is 3. The van der Waals surface area contributed by atoms with Gasteiger partial charge in [-0.25, -0.2) is 4.98 Å². The minimum Gasteiger partial charge on any atom is -0.374 e. The third-order valence-corrected chi connectivity index (χ3v) is 2.13. The Hall–Kier alpha value is -1.43. The molecule has 2 aromatic heterocycles. The molecule has 2 aromatic rings. The Kier molecular flexibility index (Phi) is 1.37. The Balaban J connectivity index is 2.98. The molecule has 2 N–H and O–H groups in total. The van der Waals surface area contributed by atoms with Gasteiger partial charge in [0, 0.05) is 11.8 Å². The third kappa shape index (κ3) is 0.964. The fourth-order valence-corrected chi connectivity index (χ4v) is 1.65. The standard InChI is InChI=1S/C6H6N4OS/c1-3-2-4(11)10-6(8-3)12-5(7)9-10/h2H,1H3,(H2,7,9). The van der Waals surface area contributed by atoms with Gasteiger partial charge in [0.1, 0.15) is 0 Å². The minimum absolute atomic E-state index is 0.189. The van der Waals surface area contributed by atoms with Crippen LogP contribution in [0.25, 0.3) is 4.96 Å². The molecular weight excluding hydrogens is 176 g/mol. The first-order chi connectivity index (χ1) is 5.66. The average Bonchev–Trinajstić information content (AvgIpc) is 2.29. The maximum Gasteiger partial charge on any atom is 0.275 e. The molecule has 5 nitrogen and oxygen atoms in total. The number of anilines is 1. The molecule has 0 unspecified atom stereocenters. The first kappa shape index (κ1) is 7.23. The lowest BCUT2D eigenvalue weighted by molar-refractivity contribution is 0.895. The highest BCUT2D eigenvalue weighted by Gasteiger charge is 2.03. The summed E-state index contributed by atoms with van der Waals surface area (Å²) in [5.41, 5.74) is 5.91. The van der Waals surface area contributed by atoms with E-state index in [0.29, 0.717) is 15.8 Å². The Morgan fingerprint density at radius 3 is 3.17 bits per heavy atom. The van der Waals surface area contributed by atoms with Gasteiger partial charge in [-0.15, -0.1) is 5.10 Å². The van der Waals surface area contributed by atoms with E-state index >= 15 is 0 Å². The summed E-state index contributed by atoms with van der Waals surface area (Å²) < 4.78 is 1.20. The summed E-state index contributed by atoms with van der Waals surface area (Å²) in [6, 6.07) is 1.42. The van der Waals surface area contributed by atoms with Crippen LogP contribution < -0.4 is 11.3 Å². The van der Waals surface area contributed by atoms with Gasteiger partial charge in [0.05, 0.1) is 0 Å². The number of nitrogens with zero attached hydrogens (tertiary/aromatic N) is 3. The van der Waals surface area contributed by atoms with E-state index in [9.17, 15) is 4.79 Å². The molecule has 0 atom stereocenters. The van der Waals surface area contributed by atoms with Crippen molar-refractivity contribution in [3.8, 4) is 0 Å². The van der Waals surface area contributed by atoms with E-state index < -0.39 is 0 Å². The second-order valence-electron chi connectivity index (χ2n) is 2.37. The van der Waals surface area contributed by atoms with E-state index in [4.69, 9.17) is 5.73 Å². The largest absolute Gasteiger partial charge is 0.374 e. The maximum atomic E-state index is 11.2. The summed E-state index contributed by atoms with van der Waals surface area (Å²) in [6.07, 6.45) is 0. The molecule has 12 heavy (non-hydrogen) atoms. The van der Waals surface area contributed by atoms with Gasteiger partial charge < -0.3 is 5.73 Å². The first-order valence-electron chi connectivity index (χ1n) is 3.30. The Morgan fingerprint density at radius 2 is 2.42 bits per heavy atom. The van der Waals surface area contributed by atoms with Crippen molar-refractivity contribution in [2.45, 2.75) is 6.92 Å². The fourth-order valence-electron chi connectivity index (χ4n) is 0.935. The molecule has 0 saturated carbocycles. The molecule has 0 radical (unpaired) electrons. The smallest absolute Gasteiger partial charge is 0.275 e. The highest BCUT2D eigenvalue weighted by molar-refractivity contribution is 7.20. The lowest BCUT2D eigenvalue weighted by atomic mass is 10.5. The summed E-state index contributed by atoms with van der Waals surface area (Å²) in [6.45, 7) is 1.76. The van der Waals surface area contributed by atoms with Gasteiger partial charge in [-0.1, -0.05) is 11.3 Å². The molecule has 6 heteroatoms. The topological polar surface area (TPSA) is 73.3 Å². The molecule has 0 amide bonds. The van der Waals surface area contributed by atoms with E-state index in [1.807, 2.05) is 0 Å². The Labute approximate surface area is 71.5 Å². The van der Waals surface area contributed by atoms with Crippen LogP contribution >= 0.6 is 11.3 Å². The number of nitrogens with two attached hydrogens (primary N) is 1. The van der Waals surface area contributed by atoms with Crippen molar-refractivity contribution in [2.24, 2.45) is 0 Å². The fraction of sp³-hybridized carbons (Fsp3) is 0.167. The zero-order chi connectivity index (χ0) is 8.72. The lowest BCUT2D eigenvalue weighted by Crippen LogP contribution is -2.14. The average molecular weight is 182 g/mol. The van der Waals surface area contributed by atoms with Gasteiger partial charge in [0.25, 0.3) is 5.56 Å². The molecule has 2 rings (SSSR count). The van der Waals surface area contributed by atoms with Crippen LogP contribution in [0.1, 0.15) is 5.69 Å². The van der Waals surface area contributed by atoms with Crippen LogP contribution in [0.3, 0.4) is 0 Å². The molecule has 0 aromatic carbocycles. The molecule has 62 valence electrons. The van der Waals surface area contributed by atoms with Crippen LogP contribution in [0.4, 0.5) is 5.13 Å². The van der Waals surface area contributed by atoms with Gasteiger partial charge >= 0.3 is 0 Å². The lowest BCUT2D eigenvalue weighted by Gasteiger charge is -1.89. The predicted octanol–water partition coefficient (Wildman–Crippen LogP) is 0.0416. The van der Waals surface area contributed by atoms with Crippen LogP contribution in [0, 0.1) is 6.92 Å². The number of rotatable bonds is 0. The van der Waals surface area contributed by atoms with Crippen LogP contribution in [0.2, 0.25) is 0 Å². The van der Waals surface area contributed by atoms with Crippen LogP contribution in [0.15, 0.2) is 10.9 Å². The second kappa shape index (κ2) is 2.28. The summed E-state index contributed by atoms with van der Waals surface area (Å²) in [5.74, 6) is 0. The van der Waals surface area contributed by atoms with Crippen molar-refractivity contribution < 1.29 is 0 Å². The third-order valence-electron chi connectivity index (χ3n) is 1.39. The maximum absolute atomic E-state index is 11.2. The van der Waals surface area contributed by atoms with Crippen molar-refractivity contribution >= 4 is 21.4 Å². The molecule has 0 fully saturated rings. The number of hydrogen-bond donors (Lipinski definition) is 1. The van der Waals surface area contributed by atoms with Gasteiger partial charge in [0.2, 0.25) is 10.1 Å². The molecule has 0 aliphatic heterocycles. The van der Waals surface area contributed by atoms with Crippen LogP contribution in [0.5, 0.6) is 0 Å². The summed E-state index contributed by atoms with van der Waals surface area (Å²) in [5, 5.41) is 4.14. The summed E-state index contributed by atoms with van der Waals surface area (Å²) >= 11 is 1.20. The van der Waals surface area contributed by atoms with E-state index in [0.717, 1.165) is 0 Å². The Bertz CT molecular complexity index is 486. The van der Waals surface area contributed by atoms with Crippen molar-refractivity contribution in [1.82, 2.24) is 14.6 Å². The predicted molar refractivity (Wildman–Crippen MR) is 46.3 cm³/mol. The van der Waals surface area contributed by atoms with E-state index in [1.54, 1.807) is 6.92 Å². The summed E-state index contributed by atoms with van der Waals surface area (Å²) in [7, 11) is 0. The second-order valence-corrected chi connectivity index (χ2v) is 3.36. The van der Waals surface area contributed by atoms with Crippen LogP contribution in [-0.4, -0.2) is 14.6 Å². The van der Waals surface area contributed by atoms with Crippen molar-refractivity contribution in [2.75, 3.05) is 5.73 Å². The van der Waals surface area contributed by atoms with Crippen molar-refractivity contribution in [3.05, 3.63) is 22.1 Å². The number of fused-ring (bicyclic) bond motifs is 1. The quantitative estimate of drug-likeness (QED) is 0.624. The monoisotopic (exact) mass is 182 g/mol. The van der Waals surface area contributed by atoms with E-state index in [-0.39, 0.29) is 5.56 Å². The summed E-state index contributed by atoms with van der Waals surface area (Å²) in [4.78, 5) is 15.9. The number of hydrogen-bond acceptors (Lipinski definition) is 5. The molecule has 0 saturated heterocycles. The number of aryl methyl sites for hydroxylation is 1.